The molecule has 0 bridgehead atoms. The van der Waals surface area contributed by atoms with Crippen molar-refractivity contribution in [1.82, 2.24) is 0 Å². The highest BCUT2D eigenvalue weighted by Gasteiger charge is 2.23. The molecule has 1 fully saturated rings. The molecule has 0 aromatic rings. The molecule has 0 amide bonds. The molecule has 0 aromatic heterocycles. The van der Waals surface area contributed by atoms with E-state index in [-0.39, 0.29) is 12.1 Å². The number of hydrogen-bond acceptors (Lipinski definition) is 3. The highest BCUT2D eigenvalue weighted by molar-refractivity contribution is 5.81. The van der Waals surface area contributed by atoms with Gasteiger partial charge in [0.05, 0.1) is 6.61 Å². The van der Waals surface area contributed by atoms with E-state index in [4.69, 9.17) is 9.47 Å². The molecule has 1 unspecified atom stereocenters. The third kappa shape index (κ3) is 5.42. The first-order valence-corrected chi connectivity index (χ1v) is 4.78. The van der Waals surface area contributed by atoms with E-state index < -0.39 is 0 Å². The summed E-state index contributed by atoms with van der Waals surface area (Å²) in [6, 6.07) is 0. The Morgan fingerprint density at radius 3 is 3.08 bits per heavy atom. The number of carbonyl (C=O) groups excluding carboxylic acids is 1. The van der Waals surface area contributed by atoms with Crippen molar-refractivity contribution >= 4 is 5.97 Å². The van der Waals surface area contributed by atoms with E-state index in [0.717, 1.165) is 25.9 Å². The van der Waals surface area contributed by atoms with Gasteiger partial charge in [-0.05, 0) is 6.42 Å². The fraction of sp³-hybridized carbons (Fsp3) is 0.700. The molecule has 3 nitrogen and oxygen atoms in total. The lowest BCUT2D eigenvalue weighted by molar-refractivity contribution is -0.138. The van der Waals surface area contributed by atoms with Crippen LogP contribution in [0.25, 0.3) is 0 Å². The molecule has 0 spiro atoms. The molecule has 13 heavy (non-hydrogen) atoms. The minimum Gasteiger partial charge on any atom is -0.460 e. The lowest BCUT2D eigenvalue weighted by Gasteiger charge is -1.96. The molecule has 1 atom stereocenters. The van der Waals surface area contributed by atoms with Gasteiger partial charge in [-0.1, -0.05) is 25.8 Å². The van der Waals surface area contributed by atoms with Crippen molar-refractivity contribution < 1.29 is 14.3 Å². The molecule has 0 radical (unpaired) electrons. The van der Waals surface area contributed by atoms with Crippen LogP contribution in [0.15, 0.2) is 12.2 Å². The highest BCUT2D eigenvalue weighted by Crippen LogP contribution is 2.08. The zero-order valence-electron chi connectivity index (χ0n) is 7.99. The Balaban J connectivity index is 1.98. The summed E-state index contributed by atoms with van der Waals surface area (Å²) < 4.78 is 9.80. The predicted octanol–water partition coefficient (Wildman–Crippen LogP) is 1.67. The van der Waals surface area contributed by atoms with Crippen LogP contribution in [0.4, 0.5) is 0 Å². The molecule has 1 saturated heterocycles. The Morgan fingerprint density at radius 2 is 2.46 bits per heavy atom. The van der Waals surface area contributed by atoms with Crippen LogP contribution in [0.2, 0.25) is 0 Å². The van der Waals surface area contributed by atoms with Gasteiger partial charge in [-0.15, -0.1) is 0 Å². The predicted molar refractivity (Wildman–Crippen MR) is 49.4 cm³/mol. The zero-order valence-corrected chi connectivity index (χ0v) is 7.99. The Labute approximate surface area is 78.7 Å². The summed E-state index contributed by atoms with van der Waals surface area (Å²) in [7, 11) is 0. The van der Waals surface area contributed by atoms with E-state index in [2.05, 4.69) is 6.92 Å². The normalized spacial score (nSPS) is 20.5. The standard InChI is InChI=1S/C10H16O3/c1-2-3-4-5-6-10(11)13-8-9-7-12-9/h5-6,9H,2-4,7-8H2,1H3. The van der Waals surface area contributed by atoms with Crippen molar-refractivity contribution in [1.29, 1.82) is 0 Å². The second-order valence-corrected chi connectivity index (χ2v) is 3.13. The van der Waals surface area contributed by atoms with Crippen LogP contribution >= 0.6 is 0 Å². The van der Waals surface area contributed by atoms with Gasteiger partial charge in [-0.3, -0.25) is 0 Å². The highest BCUT2D eigenvalue weighted by atomic mass is 16.6. The summed E-state index contributed by atoms with van der Waals surface area (Å²) in [4.78, 5) is 11.0. The van der Waals surface area contributed by atoms with E-state index in [9.17, 15) is 4.79 Å². The molecule has 0 aliphatic carbocycles. The van der Waals surface area contributed by atoms with Crippen LogP contribution in [0.1, 0.15) is 26.2 Å². The van der Waals surface area contributed by atoms with Gasteiger partial charge in [0.2, 0.25) is 0 Å². The molecule has 1 aliphatic heterocycles. The third-order valence-electron chi connectivity index (χ3n) is 1.79. The SMILES string of the molecule is CCCCC=CC(=O)OCC1CO1. The smallest absolute Gasteiger partial charge is 0.330 e. The summed E-state index contributed by atoms with van der Waals surface area (Å²) in [6.07, 6.45) is 6.74. The number of carbonyl (C=O) groups is 1. The minimum absolute atomic E-state index is 0.160. The molecule has 1 aliphatic rings. The number of esters is 1. The Bertz CT molecular complexity index is 183. The second-order valence-electron chi connectivity index (χ2n) is 3.13. The summed E-state index contributed by atoms with van der Waals surface area (Å²) in [6.45, 7) is 3.25. The number of unbranched alkanes of at least 4 members (excludes halogenated alkanes) is 2. The van der Waals surface area contributed by atoms with Gasteiger partial charge in [0, 0.05) is 6.08 Å². The summed E-state index contributed by atoms with van der Waals surface area (Å²) in [5, 5.41) is 0. The number of allylic oxidation sites excluding steroid dienone is 1. The third-order valence-corrected chi connectivity index (χ3v) is 1.79. The second kappa shape index (κ2) is 5.75. The van der Waals surface area contributed by atoms with Crippen molar-refractivity contribution in [3.63, 3.8) is 0 Å². The van der Waals surface area contributed by atoms with E-state index in [1.165, 1.54) is 6.08 Å². The van der Waals surface area contributed by atoms with Gasteiger partial charge >= 0.3 is 5.97 Å². The summed E-state index contributed by atoms with van der Waals surface area (Å²) >= 11 is 0. The average Bonchev–Trinajstić information content (AvgIpc) is 2.92. The number of epoxide rings is 1. The van der Waals surface area contributed by atoms with Gasteiger partial charge in [0.25, 0.3) is 0 Å². The van der Waals surface area contributed by atoms with Crippen LogP contribution in [0.5, 0.6) is 0 Å². The van der Waals surface area contributed by atoms with Crippen molar-refractivity contribution in [2.75, 3.05) is 13.2 Å². The van der Waals surface area contributed by atoms with Crippen LogP contribution < -0.4 is 0 Å². The molecule has 0 N–H and O–H groups in total. The monoisotopic (exact) mass is 184 g/mol. The van der Waals surface area contributed by atoms with E-state index in [1.807, 2.05) is 6.08 Å². The molecule has 1 rings (SSSR count). The zero-order chi connectivity index (χ0) is 9.52. The van der Waals surface area contributed by atoms with Gasteiger partial charge in [0.1, 0.15) is 12.7 Å². The maximum Gasteiger partial charge on any atom is 0.330 e. The Kier molecular flexibility index (Phi) is 4.54. The first-order valence-electron chi connectivity index (χ1n) is 4.78. The van der Waals surface area contributed by atoms with Crippen molar-refractivity contribution in [2.24, 2.45) is 0 Å². The van der Waals surface area contributed by atoms with Gasteiger partial charge in [-0.2, -0.15) is 0 Å². The van der Waals surface area contributed by atoms with E-state index in [0.29, 0.717) is 6.61 Å². The minimum atomic E-state index is -0.258. The van der Waals surface area contributed by atoms with Crippen LogP contribution in [-0.4, -0.2) is 25.3 Å². The van der Waals surface area contributed by atoms with E-state index >= 15 is 0 Å². The van der Waals surface area contributed by atoms with Gasteiger partial charge in [0.15, 0.2) is 0 Å². The Morgan fingerprint density at radius 1 is 1.69 bits per heavy atom. The summed E-state index contributed by atoms with van der Waals surface area (Å²) in [5.41, 5.74) is 0. The lowest BCUT2D eigenvalue weighted by Crippen LogP contribution is -2.06. The number of hydrogen-bond donors (Lipinski definition) is 0. The first-order chi connectivity index (χ1) is 6.33. The lowest BCUT2D eigenvalue weighted by atomic mass is 10.2. The fourth-order valence-electron chi connectivity index (χ4n) is 0.889. The van der Waals surface area contributed by atoms with Crippen LogP contribution in [0, 0.1) is 0 Å². The van der Waals surface area contributed by atoms with Crippen LogP contribution in [0.3, 0.4) is 0 Å². The maximum atomic E-state index is 11.0. The first kappa shape index (κ1) is 10.3. The largest absolute Gasteiger partial charge is 0.460 e. The average molecular weight is 184 g/mol. The maximum absolute atomic E-state index is 11.0. The number of ether oxygens (including phenoxy) is 2. The van der Waals surface area contributed by atoms with E-state index in [1.54, 1.807) is 0 Å². The molecule has 1 heterocycles. The molecular weight excluding hydrogens is 168 g/mol. The summed E-state index contributed by atoms with van der Waals surface area (Å²) in [5.74, 6) is -0.258. The molecule has 3 heteroatoms. The van der Waals surface area contributed by atoms with Gasteiger partial charge < -0.3 is 9.47 Å². The van der Waals surface area contributed by atoms with Crippen molar-refractivity contribution in [2.45, 2.75) is 32.3 Å². The molecule has 0 aromatic carbocycles. The molecule has 74 valence electrons. The Hall–Kier alpha value is -0.830. The van der Waals surface area contributed by atoms with Crippen molar-refractivity contribution in [3.05, 3.63) is 12.2 Å². The molecular formula is C10H16O3. The van der Waals surface area contributed by atoms with Gasteiger partial charge in [-0.25, -0.2) is 4.79 Å². The van der Waals surface area contributed by atoms with Crippen LogP contribution in [-0.2, 0) is 14.3 Å². The van der Waals surface area contributed by atoms with Crippen molar-refractivity contribution in [3.8, 4) is 0 Å². The molecule has 0 saturated carbocycles. The number of rotatable bonds is 6. The fourth-order valence-corrected chi connectivity index (χ4v) is 0.889. The topological polar surface area (TPSA) is 38.8 Å². The quantitative estimate of drug-likeness (QED) is 0.273.